The van der Waals surface area contributed by atoms with E-state index in [1.54, 1.807) is 0 Å². The monoisotopic (exact) mass is 250 g/mol. The first-order valence-corrected chi connectivity index (χ1v) is 6.89. The molecule has 5 nitrogen and oxygen atoms in total. The van der Waals surface area contributed by atoms with Gasteiger partial charge in [0.05, 0.1) is 27.2 Å². The predicted octanol–water partition coefficient (Wildman–Crippen LogP) is 1.54. The van der Waals surface area contributed by atoms with Crippen LogP contribution in [0.4, 0.5) is 0 Å². The van der Waals surface area contributed by atoms with Gasteiger partial charge in [0.25, 0.3) is 0 Å². The van der Waals surface area contributed by atoms with E-state index in [-0.39, 0.29) is 12.7 Å². The topological polar surface area (TPSA) is 55.8 Å². The van der Waals surface area contributed by atoms with Gasteiger partial charge in [-0.2, -0.15) is 0 Å². The minimum atomic E-state index is -3.88. The molecule has 0 amide bonds. The van der Waals surface area contributed by atoms with Crippen LogP contribution < -0.4 is 0 Å². The molecule has 1 N–H and O–H groups in total. The molecule has 1 aliphatic rings. The summed E-state index contributed by atoms with van der Waals surface area (Å²) in [5.41, 5.74) is 0. The summed E-state index contributed by atoms with van der Waals surface area (Å²) in [5.74, 6) is 0. The first kappa shape index (κ1) is 13.9. The Morgan fingerprint density at radius 3 is 2.44 bits per heavy atom. The highest BCUT2D eigenvalue weighted by atomic mass is 31.2. The average molecular weight is 250 g/mol. The Morgan fingerprint density at radius 1 is 1.38 bits per heavy atom. The highest BCUT2D eigenvalue weighted by molar-refractivity contribution is 7.47. The predicted molar refractivity (Wildman–Crippen MR) is 61.9 cm³/mol. The molecule has 0 bridgehead atoms. The Hall–Kier alpha value is -0.190. The van der Waals surface area contributed by atoms with E-state index >= 15 is 0 Å². The molecule has 0 aromatic heterocycles. The van der Waals surface area contributed by atoms with Crippen molar-refractivity contribution in [2.45, 2.75) is 18.9 Å². The lowest BCUT2D eigenvalue weighted by atomic mass is 10.3. The lowest BCUT2D eigenvalue weighted by Crippen LogP contribution is -2.37. The van der Waals surface area contributed by atoms with Gasteiger partial charge >= 0.3 is 7.82 Å². The molecule has 1 rings (SSSR count). The van der Waals surface area contributed by atoms with E-state index in [1.807, 2.05) is 33.3 Å². The van der Waals surface area contributed by atoms with Crippen molar-refractivity contribution in [3.05, 3.63) is 12.2 Å². The Bertz CT molecular complexity index is 290. The zero-order valence-electron chi connectivity index (χ0n) is 10.1. The van der Waals surface area contributed by atoms with Crippen molar-refractivity contribution in [1.29, 1.82) is 0 Å². The van der Waals surface area contributed by atoms with Crippen molar-refractivity contribution in [3.8, 4) is 0 Å². The van der Waals surface area contributed by atoms with Crippen LogP contribution in [0.3, 0.4) is 0 Å². The number of quaternary nitrogens is 1. The molecule has 1 unspecified atom stereocenters. The van der Waals surface area contributed by atoms with Gasteiger partial charge in [0.2, 0.25) is 0 Å². The van der Waals surface area contributed by atoms with Crippen LogP contribution in [0, 0.1) is 0 Å². The maximum absolute atomic E-state index is 11.5. The zero-order chi connectivity index (χ0) is 12.2. The summed E-state index contributed by atoms with van der Waals surface area (Å²) in [6, 6.07) is 0. The smallest absolute Gasteiger partial charge is 0.329 e. The summed E-state index contributed by atoms with van der Waals surface area (Å²) in [5, 5.41) is 0. The number of phosphoric ester groups is 1. The molecule has 16 heavy (non-hydrogen) atoms. The molecule has 0 aliphatic heterocycles. The second-order valence-corrected chi connectivity index (χ2v) is 6.39. The minimum absolute atomic E-state index is 0.208. The van der Waals surface area contributed by atoms with Gasteiger partial charge in [-0.1, -0.05) is 12.2 Å². The fourth-order valence-corrected chi connectivity index (χ4v) is 2.25. The fourth-order valence-electron chi connectivity index (χ4n) is 1.33. The minimum Gasteiger partial charge on any atom is -0.329 e. The van der Waals surface area contributed by atoms with Crippen molar-refractivity contribution >= 4 is 7.82 Å². The average Bonchev–Trinajstić information content (AvgIpc) is 2.52. The first-order valence-electron chi connectivity index (χ1n) is 5.40. The maximum atomic E-state index is 11.5. The molecule has 0 aromatic rings. The van der Waals surface area contributed by atoms with Crippen LogP contribution in [0.1, 0.15) is 12.8 Å². The van der Waals surface area contributed by atoms with Crippen LogP contribution in [0.2, 0.25) is 0 Å². The third-order valence-electron chi connectivity index (χ3n) is 2.26. The molecule has 0 heterocycles. The highest BCUT2D eigenvalue weighted by Crippen LogP contribution is 2.46. The van der Waals surface area contributed by atoms with Crippen molar-refractivity contribution in [2.24, 2.45) is 0 Å². The standard InChI is InChI=1S/C10H20NO4P/c1-11(2,3)8-9-14-16(12,13)15-10-6-4-5-7-10/h4-5,10H,6-9H2,1-3H3/p+1. The summed E-state index contributed by atoms with van der Waals surface area (Å²) in [4.78, 5) is 9.45. The van der Waals surface area contributed by atoms with Crippen LogP contribution >= 0.6 is 7.82 Å². The Morgan fingerprint density at radius 2 is 1.94 bits per heavy atom. The first-order chi connectivity index (χ1) is 7.29. The molecular formula is C10H21NO4P+. The molecule has 0 spiro atoms. The lowest BCUT2D eigenvalue weighted by Gasteiger charge is -2.24. The van der Waals surface area contributed by atoms with Crippen LogP contribution in [0.15, 0.2) is 12.2 Å². The maximum Gasteiger partial charge on any atom is 0.472 e. The molecule has 0 saturated heterocycles. The Kier molecular flexibility index (Phi) is 4.71. The zero-order valence-corrected chi connectivity index (χ0v) is 11.0. The fraction of sp³-hybridized carbons (Fsp3) is 0.800. The summed E-state index contributed by atoms with van der Waals surface area (Å²) in [6.45, 7) is 0.883. The van der Waals surface area contributed by atoms with Gasteiger partial charge in [0, 0.05) is 0 Å². The van der Waals surface area contributed by atoms with Crippen LogP contribution in [-0.2, 0) is 13.6 Å². The van der Waals surface area contributed by atoms with Crippen molar-refractivity contribution < 1.29 is 23.0 Å². The van der Waals surface area contributed by atoms with E-state index in [0.717, 1.165) is 0 Å². The summed E-state index contributed by atoms with van der Waals surface area (Å²) >= 11 is 0. The van der Waals surface area contributed by atoms with Crippen LogP contribution in [0.5, 0.6) is 0 Å². The summed E-state index contributed by atoms with van der Waals surface area (Å²) in [7, 11) is 2.10. The largest absolute Gasteiger partial charge is 0.472 e. The number of likely N-dealkylation sites (N-methyl/N-ethyl adjacent to an activating group) is 1. The third kappa shape index (κ3) is 5.77. The molecule has 0 radical (unpaired) electrons. The molecular weight excluding hydrogens is 229 g/mol. The van der Waals surface area contributed by atoms with E-state index in [0.29, 0.717) is 23.9 Å². The van der Waals surface area contributed by atoms with E-state index in [9.17, 15) is 9.46 Å². The molecule has 1 atom stereocenters. The molecule has 1 aliphatic carbocycles. The molecule has 0 saturated carbocycles. The number of hydrogen-bond donors (Lipinski definition) is 1. The van der Waals surface area contributed by atoms with Gasteiger partial charge in [0.15, 0.2) is 0 Å². The van der Waals surface area contributed by atoms with Crippen molar-refractivity contribution in [1.82, 2.24) is 0 Å². The normalized spacial score (nSPS) is 21.2. The Labute approximate surface area is 96.9 Å². The number of rotatable bonds is 6. The second-order valence-electron chi connectivity index (χ2n) is 4.99. The van der Waals surface area contributed by atoms with Gasteiger partial charge in [0.1, 0.15) is 13.2 Å². The van der Waals surface area contributed by atoms with Gasteiger partial charge in [-0.3, -0.25) is 9.05 Å². The molecule has 6 heteroatoms. The van der Waals surface area contributed by atoms with Gasteiger partial charge in [-0.15, -0.1) is 0 Å². The highest BCUT2D eigenvalue weighted by Gasteiger charge is 2.27. The van der Waals surface area contributed by atoms with Gasteiger partial charge in [-0.05, 0) is 12.8 Å². The van der Waals surface area contributed by atoms with Crippen molar-refractivity contribution in [2.75, 3.05) is 34.3 Å². The molecule has 0 aromatic carbocycles. The number of hydrogen-bond acceptors (Lipinski definition) is 3. The number of phosphoric acid groups is 1. The SMILES string of the molecule is C[N+](C)(C)CCOP(=O)(O)OC1CC=CC1. The molecule has 0 fully saturated rings. The van der Waals surface area contributed by atoms with E-state index < -0.39 is 7.82 Å². The van der Waals surface area contributed by atoms with E-state index in [2.05, 4.69) is 0 Å². The van der Waals surface area contributed by atoms with Crippen LogP contribution in [0.25, 0.3) is 0 Å². The third-order valence-corrected chi connectivity index (χ3v) is 3.34. The Balaban J connectivity index is 2.26. The quantitative estimate of drug-likeness (QED) is 0.441. The summed E-state index contributed by atoms with van der Waals surface area (Å²) in [6.07, 6.45) is 5.04. The van der Waals surface area contributed by atoms with Gasteiger partial charge < -0.3 is 9.38 Å². The molecule has 94 valence electrons. The number of nitrogens with zero attached hydrogens (tertiary/aromatic N) is 1. The van der Waals surface area contributed by atoms with E-state index in [1.165, 1.54) is 0 Å². The summed E-state index contributed by atoms with van der Waals surface area (Å²) < 4.78 is 22.2. The second kappa shape index (κ2) is 5.43. The van der Waals surface area contributed by atoms with Crippen LogP contribution in [-0.4, -0.2) is 49.8 Å². The van der Waals surface area contributed by atoms with Crippen molar-refractivity contribution in [3.63, 3.8) is 0 Å². The van der Waals surface area contributed by atoms with E-state index in [4.69, 9.17) is 9.05 Å². The van der Waals surface area contributed by atoms with Gasteiger partial charge in [-0.25, -0.2) is 4.57 Å². The lowest BCUT2D eigenvalue weighted by molar-refractivity contribution is -0.870.